The van der Waals surface area contributed by atoms with Crippen molar-refractivity contribution in [3.05, 3.63) is 11.3 Å². The highest BCUT2D eigenvalue weighted by Crippen LogP contribution is 2.34. The third kappa shape index (κ3) is 2.16. The molecule has 0 aliphatic heterocycles. The SMILES string of the molecule is Cc1nn(C)c(N(CCC#N)C2CC2)c1C(=O)O. The first-order valence-corrected chi connectivity index (χ1v) is 5.96. The lowest BCUT2D eigenvalue weighted by Crippen LogP contribution is -2.30. The number of hydrogen-bond acceptors (Lipinski definition) is 4. The minimum Gasteiger partial charge on any atom is -0.477 e. The molecule has 1 aromatic rings. The maximum absolute atomic E-state index is 11.3. The Hall–Kier alpha value is -2.03. The van der Waals surface area contributed by atoms with Crippen molar-refractivity contribution in [1.29, 1.82) is 5.26 Å². The van der Waals surface area contributed by atoms with Gasteiger partial charge in [0.15, 0.2) is 0 Å². The van der Waals surface area contributed by atoms with E-state index in [0.717, 1.165) is 12.8 Å². The van der Waals surface area contributed by atoms with Gasteiger partial charge in [-0.2, -0.15) is 10.4 Å². The van der Waals surface area contributed by atoms with Crippen LogP contribution in [0.3, 0.4) is 0 Å². The summed E-state index contributed by atoms with van der Waals surface area (Å²) in [5.41, 5.74) is 0.768. The summed E-state index contributed by atoms with van der Waals surface area (Å²) in [6.45, 7) is 2.25. The lowest BCUT2D eigenvalue weighted by Gasteiger charge is -2.24. The number of hydrogen-bond donors (Lipinski definition) is 1. The zero-order valence-electron chi connectivity index (χ0n) is 10.6. The monoisotopic (exact) mass is 248 g/mol. The summed E-state index contributed by atoms with van der Waals surface area (Å²) in [6.07, 6.45) is 2.49. The molecule has 0 saturated heterocycles. The van der Waals surface area contributed by atoms with Crippen LogP contribution in [0.2, 0.25) is 0 Å². The summed E-state index contributed by atoms with van der Waals surface area (Å²) < 4.78 is 1.61. The summed E-state index contributed by atoms with van der Waals surface area (Å²) in [6, 6.07) is 2.46. The summed E-state index contributed by atoms with van der Waals surface area (Å²) in [5, 5.41) is 22.2. The number of carbonyl (C=O) groups is 1. The van der Waals surface area contributed by atoms with Gasteiger partial charge in [0.05, 0.1) is 18.2 Å². The molecule has 0 spiro atoms. The van der Waals surface area contributed by atoms with E-state index in [2.05, 4.69) is 11.2 Å². The second-order valence-corrected chi connectivity index (χ2v) is 4.55. The fourth-order valence-corrected chi connectivity index (χ4v) is 2.24. The van der Waals surface area contributed by atoms with E-state index in [0.29, 0.717) is 30.5 Å². The molecule has 1 fully saturated rings. The van der Waals surface area contributed by atoms with Gasteiger partial charge in [-0.1, -0.05) is 0 Å². The van der Waals surface area contributed by atoms with Crippen molar-refractivity contribution >= 4 is 11.8 Å². The molecule has 0 bridgehead atoms. The first kappa shape index (κ1) is 12.4. The molecule has 0 atom stereocenters. The van der Waals surface area contributed by atoms with Crippen molar-refractivity contribution in [2.45, 2.75) is 32.2 Å². The standard InChI is InChI=1S/C12H16N4O2/c1-8-10(12(17)18)11(15(2)14-8)16(7-3-6-13)9-4-5-9/h9H,3-5,7H2,1-2H3,(H,17,18). The molecule has 1 saturated carbocycles. The Morgan fingerprint density at radius 2 is 2.33 bits per heavy atom. The molecule has 0 radical (unpaired) electrons. The van der Waals surface area contributed by atoms with E-state index in [9.17, 15) is 9.90 Å². The molecule has 1 N–H and O–H groups in total. The molecule has 18 heavy (non-hydrogen) atoms. The van der Waals surface area contributed by atoms with Crippen LogP contribution in [-0.2, 0) is 7.05 Å². The van der Waals surface area contributed by atoms with Gasteiger partial charge in [0.25, 0.3) is 0 Å². The van der Waals surface area contributed by atoms with Crippen LogP contribution in [0.25, 0.3) is 0 Å². The van der Waals surface area contributed by atoms with Gasteiger partial charge in [-0.25, -0.2) is 4.79 Å². The van der Waals surface area contributed by atoms with Crippen molar-refractivity contribution in [2.75, 3.05) is 11.4 Å². The molecular formula is C12H16N4O2. The third-order valence-electron chi connectivity index (χ3n) is 3.13. The smallest absolute Gasteiger partial charge is 0.341 e. The number of carboxylic acids is 1. The number of nitriles is 1. The number of aryl methyl sites for hydroxylation is 2. The molecule has 96 valence electrons. The van der Waals surface area contributed by atoms with Gasteiger partial charge >= 0.3 is 5.97 Å². The molecule has 6 nitrogen and oxygen atoms in total. The minimum atomic E-state index is -0.960. The van der Waals surface area contributed by atoms with E-state index < -0.39 is 5.97 Å². The number of carboxylic acid groups (broad SMARTS) is 1. The number of nitrogens with zero attached hydrogens (tertiary/aromatic N) is 4. The Bertz CT molecular complexity index is 511. The lowest BCUT2D eigenvalue weighted by atomic mass is 10.2. The number of anilines is 1. The number of rotatable bonds is 5. The summed E-state index contributed by atoms with van der Waals surface area (Å²) in [7, 11) is 1.75. The average molecular weight is 248 g/mol. The molecule has 1 aliphatic rings. The molecule has 0 unspecified atom stereocenters. The zero-order valence-corrected chi connectivity index (χ0v) is 10.6. The van der Waals surface area contributed by atoms with Gasteiger partial charge in [0, 0.05) is 19.6 Å². The fourth-order valence-electron chi connectivity index (χ4n) is 2.24. The molecular weight excluding hydrogens is 232 g/mol. The van der Waals surface area contributed by atoms with Crippen molar-refractivity contribution in [3.8, 4) is 6.07 Å². The number of aromatic nitrogens is 2. The minimum absolute atomic E-state index is 0.252. The molecule has 0 aromatic carbocycles. The normalized spacial score (nSPS) is 14.3. The Labute approximate surface area is 105 Å². The maximum Gasteiger partial charge on any atom is 0.341 e. The first-order valence-electron chi connectivity index (χ1n) is 5.96. The Morgan fingerprint density at radius 3 is 2.83 bits per heavy atom. The molecule has 0 amide bonds. The van der Waals surface area contributed by atoms with E-state index in [1.165, 1.54) is 0 Å². The van der Waals surface area contributed by atoms with E-state index in [1.807, 2.05) is 4.90 Å². The largest absolute Gasteiger partial charge is 0.477 e. The maximum atomic E-state index is 11.3. The average Bonchev–Trinajstić information content (AvgIpc) is 3.06. The van der Waals surface area contributed by atoms with Crippen LogP contribution in [0.15, 0.2) is 0 Å². The summed E-state index contributed by atoms with van der Waals surface area (Å²) >= 11 is 0. The van der Waals surface area contributed by atoms with Crippen LogP contribution in [0, 0.1) is 18.3 Å². The highest BCUT2D eigenvalue weighted by Gasteiger charge is 2.34. The summed E-state index contributed by atoms with van der Waals surface area (Å²) in [4.78, 5) is 13.3. The number of aromatic carboxylic acids is 1. The van der Waals surface area contributed by atoms with E-state index in [4.69, 9.17) is 5.26 Å². The van der Waals surface area contributed by atoms with Crippen LogP contribution in [-0.4, -0.2) is 33.4 Å². The van der Waals surface area contributed by atoms with Crippen LogP contribution in [0.1, 0.15) is 35.3 Å². The predicted molar refractivity (Wildman–Crippen MR) is 65.5 cm³/mol. The van der Waals surface area contributed by atoms with Crippen molar-refractivity contribution < 1.29 is 9.90 Å². The van der Waals surface area contributed by atoms with E-state index >= 15 is 0 Å². The lowest BCUT2D eigenvalue weighted by molar-refractivity contribution is 0.0696. The van der Waals surface area contributed by atoms with Gasteiger partial charge in [0.1, 0.15) is 11.4 Å². The Kier molecular flexibility index (Phi) is 3.24. The van der Waals surface area contributed by atoms with Crippen molar-refractivity contribution in [2.24, 2.45) is 7.05 Å². The van der Waals surface area contributed by atoms with Gasteiger partial charge in [-0.3, -0.25) is 4.68 Å². The van der Waals surface area contributed by atoms with Crippen LogP contribution in [0.4, 0.5) is 5.82 Å². The van der Waals surface area contributed by atoms with Gasteiger partial charge in [-0.15, -0.1) is 0 Å². The highest BCUT2D eigenvalue weighted by molar-refractivity contribution is 5.95. The molecule has 1 aliphatic carbocycles. The zero-order chi connectivity index (χ0) is 13.3. The van der Waals surface area contributed by atoms with Gasteiger partial charge < -0.3 is 10.0 Å². The first-order chi connectivity index (χ1) is 8.56. The van der Waals surface area contributed by atoms with Crippen LogP contribution >= 0.6 is 0 Å². The molecule has 1 heterocycles. The van der Waals surface area contributed by atoms with E-state index in [-0.39, 0.29) is 5.56 Å². The predicted octanol–water partition coefficient (Wildman–Crippen LogP) is 1.31. The molecule has 6 heteroatoms. The van der Waals surface area contributed by atoms with Crippen LogP contribution < -0.4 is 4.90 Å². The Morgan fingerprint density at radius 1 is 1.67 bits per heavy atom. The third-order valence-corrected chi connectivity index (χ3v) is 3.13. The Balaban J connectivity index is 2.40. The second-order valence-electron chi connectivity index (χ2n) is 4.55. The fraction of sp³-hybridized carbons (Fsp3) is 0.583. The van der Waals surface area contributed by atoms with Gasteiger partial charge in [-0.05, 0) is 19.8 Å². The van der Waals surface area contributed by atoms with Crippen molar-refractivity contribution in [1.82, 2.24) is 9.78 Å². The van der Waals surface area contributed by atoms with Crippen molar-refractivity contribution in [3.63, 3.8) is 0 Å². The molecule has 1 aromatic heterocycles. The summed E-state index contributed by atoms with van der Waals surface area (Å²) in [5.74, 6) is -0.337. The van der Waals surface area contributed by atoms with E-state index in [1.54, 1.807) is 18.7 Å². The highest BCUT2D eigenvalue weighted by atomic mass is 16.4. The quantitative estimate of drug-likeness (QED) is 0.849. The molecule has 2 rings (SSSR count). The second kappa shape index (κ2) is 4.69. The van der Waals surface area contributed by atoms with Gasteiger partial charge in [0.2, 0.25) is 0 Å². The van der Waals surface area contributed by atoms with Crippen LogP contribution in [0.5, 0.6) is 0 Å². The topological polar surface area (TPSA) is 82.2 Å².